The molecule has 0 radical (unpaired) electrons. The molecule has 3 N–H and O–H groups in total. The third-order valence-corrected chi connectivity index (χ3v) is 8.40. The standard InChI is InChI=1S/C39H68NO8P/c1-3-5-7-9-11-13-15-16-17-18-19-20-22-24-26-28-30-32-39(42)48-37(36-47-49(43,44)46-34-33-40)35-45-38(41)31-29-27-25-23-21-14-12-10-8-6-4-2/h5,7,11,13,16-17,19-20,24,26,37H,3-4,6,8-10,12,14-15,18,21-23,25,27-36,40H2,1-2H3,(H,43,44)/b7-5+,13-11+,17-16+,20-19+,26-24+/t37-/m1/s1. The average molecular weight is 710 g/mol. The van der Waals surface area contributed by atoms with E-state index in [-0.39, 0.29) is 32.6 Å². The maximum absolute atomic E-state index is 12.5. The number of allylic oxidation sites excluding steroid dienone is 10. The van der Waals surface area contributed by atoms with Crippen molar-refractivity contribution in [2.75, 3.05) is 26.4 Å². The van der Waals surface area contributed by atoms with E-state index in [0.717, 1.165) is 51.4 Å². The molecule has 49 heavy (non-hydrogen) atoms. The van der Waals surface area contributed by atoms with Gasteiger partial charge in [-0.05, 0) is 51.4 Å². The van der Waals surface area contributed by atoms with Gasteiger partial charge in [-0.2, -0.15) is 0 Å². The minimum Gasteiger partial charge on any atom is -0.462 e. The molecular formula is C39H68NO8P. The largest absolute Gasteiger partial charge is 0.472 e. The van der Waals surface area contributed by atoms with E-state index in [1.807, 2.05) is 6.08 Å². The van der Waals surface area contributed by atoms with Gasteiger partial charge in [-0.1, -0.05) is 139 Å². The molecule has 0 bridgehead atoms. The fourth-order valence-corrected chi connectivity index (χ4v) is 5.43. The van der Waals surface area contributed by atoms with Gasteiger partial charge >= 0.3 is 19.8 Å². The van der Waals surface area contributed by atoms with Gasteiger partial charge in [0.25, 0.3) is 0 Å². The van der Waals surface area contributed by atoms with Crippen LogP contribution in [0.1, 0.15) is 142 Å². The van der Waals surface area contributed by atoms with Gasteiger partial charge in [-0.3, -0.25) is 18.6 Å². The predicted octanol–water partition coefficient (Wildman–Crippen LogP) is 10.2. The highest BCUT2D eigenvalue weighted by Gasteiger charge is 2.25. The van der Waals surface area contributed by atoms with Gasteiger partial charge in [-0.15, -0.1) is 0 Å². The van der Waals surface area contributed by atoms with Crippen LogP contribution in [0, 0.1) is 0 Å². The molecule has 0 fully saturated rings. The summed E-state index contributed by atoms with van der Waals surface area (Å²) in [5.41, 5.74) is 5.32. The normalized spacial score (nSPS) is 14.1. The second kappa shape index (κ2) is 35.5. The first-order valence-corrected chi connectivity index (χ1v) is 20.3. The molecule has 0 aromatic carbocycles. The second-order valence-electron chi connectivity index (χ2n) is 12.1. The number of ether oxygens (including phenoxy) is 2. The van der Waals surface area contributed by atoms with E-state index >= 15 is 0 Å². The minimum absolute atomic E-state index is 0.0425. The highest BCUT2D eigenvalue weighted by atomic mass is 31.2. The highest BCUT2D eigenvalue weighted by molar-refractivity contribution is 7.47. The van der Waals surface area contributed by atoms with Gasteiger partial charge < -0.3 is 20.1 Å². The van der Waals surface area contributed by atoms with Crippen LogP contribution in [0.15, 0.2) is 60.8 Å². The summed E-state index contributed by atoms with van der Waals surface area (Å²) in [5, 5.41) is 0. The number of unbranched alkanes of at least 4 members (excludes halogenated alkanes) is 11. The van der Waals surface area contributed by atoms with Crippen LogP contribution in [-0.2, 0) is 32.7 Å². The molecule has 0 rings (SSSR count). The molecule has 0 aromatic heterocycles. The summed E-state index contributed by atoms with van der Waals surface area (Å²) < 4.78 is 32.5. The second-order valence-corrected chi connectivity index (χ2v) is 13.5. The molecular weight excluding hydrogens is 641 g/mol. The number of phosphoric acid groups is 1. The summed E-state index contributed by atoms with van der Waals surface area (Å²) in [7, 11) is -4.39. The van der Waals surface area contributed by atoms with Gasteiger partial charge in [0.1, 0.15) is 6.61 Å². The van der Waals surface area contributed by atoms with E-state index < -0.39 is 32.5 Å². The molecule has 0 saturated carbocycles. The number of esters is 2. The van der Waals surface area contributed by atoms with Crippen LogP contribution in [0.25, 0.3) is 0 Å². The van der Waals surface area contributed by atoms with Gasteiger partial charge in [0.05, 0.1) is 13.2 Å². The van der Waals surface area contributed by atoms with Crippen LogP contribution in [0.2, 0.25) is 0 Å². The molecule has 0 spiro atoms. The fourth-order valence-electron chi connectivity index (χ4n) is 4.67. The lowest BCUT2D eigenvalue weighted by Gasteiger charge is -2.19. The zero-order valence-corrected chi connectivity index (χ0v) is 31.5. The molecule has 0 aliphatic carbocycles. The Hall–Kier alpha value is -2.29. The number of nitrogens with two attached hydrogens (primary N) is 1. The molecule has 0 aliphatic rings. The Labute approximate surface area is 298 Å². The topological polar surface area (TPSA) is 134 Å². The van der Waals surface area contributed by atoms with E-state index in [4.69, 9.17) is 24.3 Å². The number of carbonyl (C=O) groups excluding carboxylic acids is 2. The van der Waals surface area contributed by atoms with Crippen LogP contribution in [0.3, 0.4) is 0 Å². The number of phosphoric ester groups is 1. The summed E-state index contributed by atoms with van der Waals surface area (Å²) in [6.45, 7) is 3.52. The molecule has 0 heterocycles. The van der Waals surface area contributed by atoms with Gasteiger partial charge in [-0.25, -0.2) is 4.57 Å². The Morgan fingerprint density at radius 2 is 1.12 bits per heavy atom. The number of rotatable bonds is 34. The third kappa shape index (κ3) is 35.3. The number of carbonyl (C=O) groups is 2. The van der Waals surface area contributed by atoms with Crippen LogP contribution >= 0.6 is 7.82 Å². The Kier molecular flexibility index (Phi) is 33.9. The summed E-state index contributed by atoms with van der Waals surface area (Å²) in [6, 6.07) is 0. The van der Waals surface area contributed by atoms with E-state index in [2.05, 4.69) is 68.5 Å². The lowest BCUT2D eigenvalue weighted by Crippen LogP contribution is -2.29. The van der Waals surface area contributed by atoms with Crippen LogP contribution < -0.4 is 5.73 Å². The summed E-state index contributed by atoms with van der Waals surface area (Å²) in [6.07, 6.45) is 39.7. The van der Waals surface area contributed by atoms with Crippen molar-refractivity contribution in [3.63, 3.8) is 0 Å². The molecule has 10 heteroatoms. The molecule has 282 valence electrons. The zero-order chi connectivity index (χ0) is 36.1. The van der Waals surface area contributed by atoms with E-state index in [1.54, 1.807) is 0 Å². The van der Waals surface area contributed by atoms with Crippen molar-refractivity contribution in [3.05, 3.63) is 60.8 Å². The molecule has 2 atom stereocenters. The van der Waals surface area contributed by atoms with E-state index in [9.17, 15) is 19.0 Å². The summed E-state index contributed by atoms with van der Waals surface area (Å²) in [4.78, 5) is 34.6. The van der Waals surface area contributed by atoms with Crippen LogP contribution in [0.4, 0.5) is 0 Å². The van der Waals surface area contributed by atoms with Crippen molar-refractivity contribution in [3.8, 4) is 0 Å². The molecule has 0 aliphatic heterocycles. The lowest BCUT2D eigenvalue weighted by molar-refractivity contribution is -0.161. The molecule has 0 amide bonds. The molecule has 9 nitrogen and oxygen atoms in total. The Balaban J connectivity index is 4.35. The molecule has 1 unspecified atom stereocenters. The number of hydrogen-bond acceptors (Lipinski definition) is 8. The maximum Gasteiger partial charge on any atom is 0.472 e. The van der Waals surface area contributed by atoms with E-state index in [1.165, 1.54) is 51.4 Å². The molecule has 0 saturated heterocycles. The molecule has 0 aromatic rings. The lowest BCUT2D eigenvalue weighted by atomic mass is 10.1. The van der Waals surface area contributed by atoms with Gasteiger partial charge in [0.15, 0.2) is 6.10 Å². The van der Waals surface area contributed by atoms with Crippen molar-refractivity contribution in [2.45, 2.75) is 148 Å². The summed E-state index contributed by atoms with van der Waals surface area (Å²) in [5.74, 6) is -0.903. The highest BCUT2D eigenvalue weighted by Crippen LogP contribution is 2.43. The smallest absolute Gasteiger partial charge is 0.462 e. The van der Waals surface area contributed by atoms with E-state index in [0.29, 0.717) is 12.8 Å². The maximum atomic E-state index is 12.5. The monoisotopic (exact) mass is 709 g/mol. The zero-order valence-electron chi connectivity index (χ0n) is 30.7. The van der Waals surface area contributed by atoms with Crippen LogP contribution in [-0.4, -0.2) is 49.3 Å². The third-order valence-electron chi connectivity index (χ3n) is 7.42. The van der Waals surface area contributed by atoms with Crippen molar-refractivity contribution in [1.82, 2.24) is 0 Å². The van der Waals surface area contributed by atoms with Crippen molar-refractivity contribution < 1.29 is 37.6 Å². The van der Waals surface area contributed by atoms with Crippen molar-refractivity contribution in [1.29, 1.82) is 0 Å². The fraction of sp³-hybridized carbons (Fsp3) is 0.692. The SMILES string of the molecule is CC/C=C/C/C=C/C/C=C/C/C=C/C/C=C/CCCC(=O)O[C@H](COC(=O)CCCCCCCCCCCCC)COP(=O)(O)OCCN. The van der Waals surface area contributed by atoms with Crippen molar-refractivity contribution >= 4 is 19.8 Å². The Morgan fingerprint density at radius 3 is 1.65 bits per heavy atom. The minimum atomic E-state index is -4.39. The Morgan fingerprint density at radius 1 is 0.633 bits per heavy atom. The average Bonchev–Trinajstić information content (AvgIpc) is 3.08. The first-order valence-electron chi connectivity index (χ1n) is 18.8. The first kappa shape index (κ1) is 46.7. The first-order chi connectivity index (χ1) is 23.8. The van der Waals surface area contributed by atoms with Crippen LogP contribution in [0.5, 0.6) is 0 Å². The van der Waals surface area contributed by atoms with Crippen molar-refractivity contribution in [2.24, 2.45) is 5.73 Å². The van der Waals surface area contributed by atoms with Gasteiger partial charge in [0.2, 0.25) is 0 Å². The number of hydrogen-bond donors (Lipinski definition) is 2. The van der Waals surface area contributed by atoms with Gasteiger partial charge in [0, 0.05) is 19.4 Å². The quantitative estimate of drug-likeness (QED) is 0.0290. The summed E-state index contributed by atoms with van der Waals surface area (Å²) >= 11 is 0. The Bertz CT molecular complexity index is 992. The predicted molar refractivity (Wildman–Crippen MR) is 201 cm³/mol.